The highest BCUT2D eigenvalue weighted by Crippen LogP contribution is 2.47. The van der Waals surface area contributed by atoms with Crippen LogP contribution in [0.4, 0.5) is 0 Å². The van der Waals surface area contributed by atoms with Crippen LogP contribution in [0.3, 0.4) is 0 Å². The fourth-order valence-corrected chi connectivity index (χ4v) is 1.71. The molecule has 1 N–H and O–H groups in total. The first-order valence-electron chi connectivity index (χ1n) is 5.78. The van der Waals surface area contributed by atoms with Gasteiger partial charge in [0.25, 0.3) is 0 Å². The normalized spacial score (nSPS) is 21.9. The number of nitrogens with one attached hydrogen (secondary N) is 1. The maximum atomic E-state index is 3.64. The molecule has 1 aliphatic rings. The predicted molar refractivity (Wildman–Crippen MR) is 58.9 cm³/mol. The quantitative estimate of drug-likeness (QED) is 0.624. The van der Waals surface area contributed by atoms with Gasteiger partial charge in [0.05, 0.1) is 0 Å². The summed E-state index contributed by atoms with van der Waals surface area (Å²) < 4.78 is 0. The molecule has 0 aromatic heterocycles. The van der Waals surface area contributed by atoms with Gasteiger partial charge in [-0.25, -0.2) is 0 Å². The van der Waals surface area contributed by atoms with E-state index in [-0.39, 0.29) is 0 Å². The molecule has 0 saturated heterocycles. The van der Waals surface area contributed by atoms with Crippen LogP contribution in [-0.4, -0.2) is 12.6 Å². The highest BCUT2D eigenvalue weighted by atomic mass is 14.9. The Morgan fingerprint density at radius 1 is 1.23 bits per heavy atom. The topological polar surface area (TPSA) is 12.0 Å². The molecule has 0 aliphatic heterocycles. The average Bonchev–Trinajstić information content (AvgIpc) is 2.78. The molecule has 1 atom stereocenters. The Morgan fingerprint density at radius 3 is 2.31 bits per heavy atom. The van der Waals surface area contributed by atoms with E-state index >= 15 is 0 Å². The van der Waals surface area contributed by atoms with Crippen molar-refractivity contribution in [3.8, 4) is 0 Å². The van der Waals surface area contributed by atoms with Crippen LogP contribution in [0, 0.1) is 11.3 Å². The molecular weight excluding hydrogens is 158 g/mol. The van der Waals surface area contributed by atoms with E-state index in [4.69, 9.17) is 0 Å². The molecule has 1 saturated carbocycles. The monoisotopic (exact) mass is 183 g/mol. The minimum absolute atomic E-state index is 0.637. The summed E-state index contributed by atoms with van der Waals surface area (Å²) in [5.74, 6) is 0.855. The molecule has 1 rings (SSSR count). The molecule has 1 unspecified atom stereocenters. The molecule has 0 aromatic carbocycles. The van der Waals surface area contributed by atoms with E-state index in [9.17, 15) is 0 Å². The van der Waals surface area contributed by atoms with Gasteiger partial charge in [-0.15, -0.1) is 0 Å². The van der Waals surface area contributed by atoms with Gasteiger partial charge in [-0.1, -0.05) is 20.8 Å². The van der Waals surface area contributed by atoms with Crippen molar-refractivity contribution in [3.63, 3.8) is 0 Å². The van der Waals surface area contributed by atoms with Gasteiger partial charge < -0.3 is 5.32 Å². The first-order valence-corrected chi connectivity index (χ1v) is 5.78. The van der Waals surface area contributed by atoms with Gasteiger partial charge in [0.15, 0.2) is 0 Å². The molecule has 1 nitrogen and oxygen atoms in total. The summed E-state index contributed by atoms with van der Waals surface area (Å²) >= 11 is 0. The van der Waals surface area contributed by atoms with Gasteiger partial charge in [0, 0.05) is 6.04 Å². The zero-order valence-electron chi connectivity index (χ0n) is 9.69. The third-order valence-corrected chi connectivity index (χ3v) is 3.49. The number of rotatable bonds is 6. The van der Waals surface area contributed by atoms with Gasteiger partial charge in [0.2, 0.25) is 0 Å². The lowest BCUT2D eigenvalue weighted by atomic mass is 10.0. The highest BCUT2D eigenvalue weighted by molar-refractivity contribution is 4.96. The molecule has 78 valence electrons. The van der Waals surface area contributed by atoms with Crippen molar-refractivity contribution in [1.29, 1.82) is 0 Å². The van der Waals surface area contributed by atoms with E-state index in [1.807, 2.05) is 0 Å². The van der Waals surface area contributed by atoms with Crippen molar-refractivity contribution in [1.82, 2.24) is 5.32 Å². The first kappa shape index (κ1) is 11.0. The summed E-state index contributed by atoms with van der Waals surface area (Å²) in [4.78, 5) is 0. The Morgan fingerprint density at radius 2 is 1.85 bits per heavy atom. The lowest BCUT2D eigenvalue weighted by Crippen LogP contribution is -2.34. The molecule has 0 aromatic rings. The smallest absolute Gasteiger partial charge is 0.00925 e. The second-order valence-electron chi connectivity index (χ2n) is 5.37. The SMILES string of the molecule is CC(C)CCCNC(C)C1(C)CC1. The van der Waals surface area contributed by atoms with Crippen LogP contribution in [0.1, 0.15) is 53.4 Å². The minimum Gasteiger partial charge on any atom is -0.314 e. The third kappa shape index (κ3) is 3.68. The summed E-state index contributed by atoms with van der Waals surface area (Å²) in [6, 6.07) is 0.722. The van der Waals surface area contributed by atoms with Crippen LogP contribution in [0.2, 0.25) is 0 Å². The second kappa shape index (κ2) is 4.45. The third-order valence-electron chi connectivity index (χ3n) is 3.49. The Bertz CT molecular complexity index is 147. The molecule has 0 radical (unpaired) electrons. The maximum Gasteiger partial charge on any atom is 0.00925 e. The molecule has 13 heavy (non-hydrogen) atoms. The lowest BCUT2D eigenvalue weighted by Gasteiger charge is -2.20. The Balaban J connectivity index is 1.99. The summed E-state index contributed by atoms with van der Waals surface area (Å²) in [5.41, 5.74) is 0.637. The summed E-state index contributed by atoms with van der Waals surface area (Å²) in [7, 11) is 0. The van der Waals surface area contributed by atoms with Crippen LogP contribution >= 0.6 is 0 Å². The van der Waals surface area contributed by atoms with E-state index in [1.165, 1.54) is 32.2 Å². The number of hydrogen-bond acceptors (Lipinski definition) is 1. The Kier molecular flexibility index (Phi) is 3.78. The number of hydrogen-bond donors (Lipinski definition) is 1. The van der Waals surface area contributed by atoms with Crippen molar-refractivity contribution >= 4 is 0 Å². The van der Waals surface area contributed by atoms with Gasteiger partial charge in [-0.3, -0.25) is 0 Å². The fraction of sp³-hybridized carbons (Fsp3) is 1.00. The van der Waals surface area contributed by atoms with E-state index in [2.05, 4.69) is 33.0 Å². The molecule has 0 amide bonds. The van der Waals surface area contributed by atoms with Gasteiger partial charge in [-0.05, 0) is 50.5 Å². The molecule has 1 aliphatic carbocycles. The Labute approximate surface area is 83.3 Å². The highest BCUT2D eigenvalue weighted by Gasteiger charge is 2.41. The standard InChI is InChI=1S/C12H25N/c1-10(2)6-5-9-13-11(3)12(4)7-8-12/h10-11,13H,5-9H2,1-4H3. The summed E-state index contributed by atoms with van der Waals surface area (Å²) in [6.45, 7) is 10.5. The van der Waals surface area contributed by atoms with Crippen LogP contribution in [0.15, 0.2) is 0 Å². The fourth-order valence-electron chi connectivity index (χ4n) is 1.71. The maximum absolute atomic E-state index is 3.64. The van der Waals surface area contributed by atoms with Crippen molar-refractivity contribution in [2.24, 2.45) is 11.3 Å². The molecule has 1 heteroatoms. The molecule has 0 bridgehead atoms. The van der Waals surface area contributed by atoms with E-state index < -0.39 is 0 Å². The largest absolute Gasteiger partial charge is 0.314 e. The van der Waals surface area contributed by atoms with Gasteiger partial charge in [-0.2, -0.15) is 0 Å². The molecule has 0 spiro atoms. The van der Waals surface area contributed by atoms with Crippen molar-refractivity contribution in [3.05, 3.63) is 0 Å². The molecular formula is C12H25N. The van der Waals surface area contributed by atoms with Gasteiger partial charge in [0.1, 0.15) is 0 Å². The van der Waals surface area contributed by atoms with E-state index in [1.54, 1.807) is 0 Å². The van der Waals surface area contributed by atoms with Crippen molar-refractivity contribution in [2.45, 2.75) is 59.4 Å². The Hall–Kier alpha value is -0.0400. The first-order chi connectivity index (χ1) is 6.04. The minimum atomic E-state index is 0.637. The van der Waals surface area contributed by atoms with Crippen molar-refractivity contribution < 1.29 is 0 Å². The summed E-state index contributed by atoms with van der Waals surface area (Å²) in [6.07, 6.45) is 5.53. The van der Waals surface area contributed by atoms with Crippen LogP contribution in [-0.2, 0) is 0 Å². The van der Waals surface area contributed by atoms with E-state index in [0.29, 0.717) is 5.41 Å². The predicted octanol–water partition coefficient (Wildman–Crippen LogP) is 3.20. The van der Waals surface area contributed by atoms with Gasteiger partial charge >= 0.3 is 0 Å². The molecule has 0 heterocycles. The lowest BCUT2D eigenvalue weighted by molar-refractivity contribution is 0.372. The zero-order valence-corrected chi connectivity index (χ0v) is 9.69. The van der Waals surface area contributed by atoms with Crippen LogP contribution in [0.25, 0.3) is 0 Å². The van der Waals surface area contributed by atoms with Crippen LogP contribution in [0.5, 0.6) is 0 Å². The average molecular weight is 183 g/mol. The van der Waals surface area contributed by atoms with Crippen LogP contribution < -0.4 is 5.32 Å². The summed E-state index contributed by atoms with van der Waals surface area (Å²) in [5, 5.41) is 3.64. The van der Waals surface area contributed by atoms with Crippen molar-refractivity contribution in [2.75, 3.05) is 6.54 Å². The second-order valence-corrected chi connectivity index (χ2v) is 5.37. The zero-order chi connectivity index (χ0) is 9.90. The molecule has 1 fully saturated rings. The van der Waals surface area contributed by atoms with E-state index in [0.717, 1.165) is 12.0 Å².